The first kappa shape index (κ1) is 15.3. The number of ether oxygens (including phenoxy) is 1. The van der Waals surface area contributed by atoms with Crippen LogP contribution in [0.2, 0.25) is 0 Å². The fourth-order valence-corrected chi connectivity index (χ4v) is 1.76. The molecule has 0 saturated carbocycles. The van der Waals surface area contributed by atoms with Crippen LogP contribution in [0.15, 0.2) is 41.0 Å². The molecular weight excluding hydrogens is 353 g/mol. The number of hydrogen-bond donors (Lipinski definition) is 1. The van der Waals surface area contributed by atoms with E-state index in [0.29, 0.717) is 10.5 Å². The van der Waals surface area contributed by atoms with E-state index in [1.165, 1.54) is 12.3 Å². The summed E-state index contributed by atoms with van der Waals surface area (Å²) < 4.78 is 44.8. The molecule has 4 nitrogen and oxygen atoms in total. The molecule has 0 spiro atoms. The first-order chi connectivity index (χ1) is 9.77. The quantitative estimate of drug-likeness (QED) is 0.906. The van der Waals surface area contributed by atoms with Gasteiger partial charge in [0.25, 0.3) is 0 Å². The van der Waals surface area contributed by atoms with E-state index in [-0.39, 0.29) is 11.4 Å². The standard InChI is InChI=1S/C13H8BrF3N2O2/c14-8-2-4-11(19-6-8)21-10-3-1-7(12(18)20)5-9(10)13(15,16)17/h1-6H,(H2,18,20). The summed E-state index contributed by atoms with van der Waals surface area (Å²) in [7, 11) is 0. The summed E-state index contributed by atoms with van der Waals surface area (Å²) in [6.07, 6.45) is -3.30. The fraction of sp³-hybridized carbons (Fsp3) is 0.0769. The molecule has 0 radical (unpaired) electrons. The summed E-state index contributed by atoms with van der Waals surface area (Å²) >= 11 is 3.15. The molecule has 0 aliphatic heterocycles. The van der Waals surface area contributed by atoms with Gasteiger partial charge in [-0.2, -0.15) is 13.2 Å². The molecule has 0 unspecified atom stereocenters. The zero-order chi connectivity index (χ0) is 15.6. The lowest BCUT2D eigenvalue weighted by molar-refractivity contribution is -0.138. The number of hydrogen-bond acceptors (Lipinski definition) is 3. The normalized spacial score (nSPS) is 11.2. The molecule has 8 heteroatoms. The average Bonchev–Trinajstić information content (AvgIpc) is 2.40. The van der Waals surface area contributed by atoms with Gasteiger partial charge in [0.1, 0.15) is 5.75 Å². The second kappa shape index (κ2) is 5.72. The van der Waals surface area contributed by atoms with Gasteiger partial charge in [-0.05, 0) is 40.2 Å². The van der Waals surface area contributed by atoms with Gasteiger partial charge in [0.15, 0.2) is 0 Å². The van der Waals surface area contributed by atoms with Crippen molar-refractivity contribution in [3.05, 3.63) is 52.1 Å². The smallest absolute Gasteiger partial charge is 0.420 e. The lowest BCUT2D eigenvalue weighted by Gasteiger charge is -2.14. The number of alkyl halides is 3. The van der Waals surface area contributed by atoms with Gasteiger partial charge >= 0.3 is 6.18 Å². The van der Waals surface area contributed by atoms with Crippen LogP contribution in [0.25, 0.3) is 0 Å². The molecule has 1 heterocycles. The van der Waals surface area contributed by atoms with Gasteiger partial charge in [0.05, 0.1) is 5.56 Å². The van der Waals surface area contributed by atoms with E-state index in [1.807, 2.05) is 0 Å². The molecule has 1 amide bonds. The Hall–Kier alpha value is -2.09. The molecule has 21 heavy (non-hydrogen) atoms. The summed E-state index contributed by atoms with van der Waals surface area (Å²) in [5, 5.41) is 0. The first-order valence-electron chi connectivity index (χ1n) is 5.58. The van der Waals surface area contributed by atoms with Crippen LogP contribution in [-0.2, 0) is 6.18 Å². The van der Waals surface area contributed by atoms with Gasteiger partial charge in [-0.3, -0.25) is 4.79 Å². The molecule has 0 saturated heterocycles. The third-order valence-corrected chi connectivity index (χ3v) is 2.95. The average molecular weight is 361 g/mol. The number of rotatable bonds is 3. The van der Waals surface area contributed by atoms with Crippen LogP contribution < -0.4 is 10.5 Å². The summed E-state index contributed by atoms with van der Waals surface area (Å²) in [5.74, 6) is -1.41. The predicted molar refractivity (Wildman–Crippen MR) is 72.0 cm³/mol. The Bertz CT molecular complexity index is 672. The SMILES string of the molecule is NC(=O)c1ccc(Oc2ccc(Br)cn2)c(C(F)(F)F)c1. The van der Waals surface area contributed by atoms with Gasteiger partial charge < -0.3 is 10.5 Å². The Labute approximate surface area is 125 Å². The number of nitrogens with two attached hydrogens (primary N) is 1. The molecule has 0 bridgehead atoms. The molecule has 2 aromatic rings. The number of aromatic nitrogens is 1. The summed E-state index contributed by atoms with van der Waals surface area (Å²) in [5.41, 5.74) is 3.64. The van der Waals surface area contributed by atoms with E-state index in [2.05, 4.69) is 20.9 Å². The van der Waals surface area contributed by atoms with Gasteiger partial charge in [0.2, 0.25) is 11.8 Å². The van der Waals surface area contributed by atoms with Gasteiger partial charge in [0, 0.05) is 22.3 Å². The molecule has 0 aliphatic carbocycles. The number of carbonyl (C=O) groups is 1. The second-order valence-corrected chi connectivity index (χ2v) is 4.91. The largest absolute Gasteiger partial charge is 0.438 e. The van der Waals surface area contributed by atoms with Crippen LogP contribution in [0, 0.1) is 0 Å². The zero-order valence-electron chi connectivity index (χ0n) is 10.3. The van der Waals surface area contributed by atoms with Crippen LogP contribution in [0.3, 0.4) is 0 Å². The van der Waals surface area contributed by atoms with E-state index >= 15 is 0 Å². The molecular formula is C13H8BrF3N2O2. The van der Waals surface area contributed by atoms with Crippen LogP contribution >= 0.6 is 15.9 Å². The van der Waals surface area contributed by atoms with E-state index in [0.717, 1.165) is 12.1 Å². The van der Waals surface area contributed by atoms with Crippen molar-refractivity contribution in [3.63, 3.8) is 0 Å². The Kier molecular flexibility index (Phi) is 4.17. The minimum atomic E-state index is -4.68. The van der Waals surface area contributed by atoms with Crippen LogP contribution in [-0.4, -0.2) is 10.9 Å². The maximum atomic E-state index is 13.0. The maximum absolute atomic E-state index is 13.0. The molecule has 0 fully saturated rings. The molecule has 2 N–H and O–H groups in total. The zero-order valence-corrected chi connectivity index (χ0v) is 11.9. The maximum Gasteiger partial charge on any atom is 0.420 e. The van der Waals surface area contributed by atoms with E-state index in [9.17, 15) is 18.0 Å². The second-order valence-electron chi connectivity index (χ2n) is 3.99. The molecule has 0 atom stereocenters. The van der Waals surface area contributed by atoms with Crippen molar-refractivity contribution in [3.8, 4) is 11.6 Å². The monoisotopic (exact) mass is 360 g/mol. The van der Waals surface area contributed by atoms with Gasteiger partial charge in [-0.25, -0.2) is 4.98 Å². The minimum Gasteiger partial charge on any atom is -0.438 e. The lowest BCUT2D eigenvalue weighted by atomic mass is 10.1. The molecule has 1 aromatic carbocycles. The summed E-state index contributed by atoms with van der Waals surface area (Å²) in [6.45, 7) is 0. The van der Waals surface area contributed by atoms with Crippen LogP contribution in [0.1, 0.15) is 15.9 Å². The van der Waals surface area contributed by atoms with Crippen molar-refractivity contribution in [1.82, 2.24) is 4.98 Å². The Morgan fingerprint density at radius 2 is 1.95 bits per heavy atom. The van der Waals surface area contributed by atoms with Crippen molar-refractivity contribution in [2.45, 2.75) is 6.18 Å². The van der Waals surface area contributed by atoms with E-state index in [4.69, 9.17) is 10.5 Å². The fourth-order valence-electron chi connectivity index (χ4n) is 1.53. The number of pyridine rings is 1. The topological polar surface area (TPSA) is 65.2 Å². The van der Waals surface area contributed by atoms with E-state index < -0.39 is 23.4 Å². The van der Waals surface area contributed by atoms with Crippen molar-refractivity contribution in [2.75, 3.05) is 0 Å². The van der Waals surface area contributed by atoms with Crippen molar-refractivity contribution in [2.24, 2.45) is 5.73 Å². The highest BCUT2D eigenvalue weighted by Crippen LogP contribution is 2.38. The van der Waals surface area contributed by atoms with Gasteiger partial charge in [-0.1, -0.05) is 0 Å². The minimum absolute atomic E-state index is 0.00414. The predicted octanol–water partition coefficient (Wildman–Crippen LogP) is 3.75. The summed E-state index contributed by atoms with van der Waals surface area (Å²) in [6, 6.07) is 5.83. The molecule has 0 aliphatic rings. The number of benzene rings is 1. The highest BCUT2D eigenvalue weighted by molar-refractivity contribution is 9.10. The Morgan fingerprint density at radius 3 is 2.48 bits per heavy atom. The number of halogens is 4. The third kappa shape index (κ3) is 3.72. The first-order valence-corrected chi connectivity index (χ1v) is 6.37. The molecule has 110 valence electrons. The number of nitrogens with zero attached hydrogens (tertiary/aromatic N) is 1. The summed E-state index contributed by atoms with van der Waals surface area (Å²) in [4.78, 5) is 14.8. The van der Waals surface area contributed by atoms with E-state index in [1.54, 1.807) is 6.07 Å². The molecule has 1 aromatic heterocycles. The molecule has 2 rings (SSSR count). The number of amides is 1. The van der Waals surface area contributed by atoms with Gasteiger partial charge in [-0.15, -0.1) is 0 Å². The highest BCUT2D eigenvalue weighted by Gasteiger charge is 2.35. The van der Waals surface area contributed by atoms with Crippen molar-refractivity contribution in [1.29, 1.82) is 0 Å². The van der Waals surface area contributed by atoms with Crippen LogP contribution in [0.5, 0.6) is 11.6 Å². The lowest BCUT2D eigenvalue weighted by Crippen LogP contribution is -2.14. The third-order valence-electron chi connectivity index (χ3n) is 2.48. The van der Waals surface area contributed by atoms with Crippen molar-refractivity contribution < 1.29 is 22.7 Å². The Morgan fingerprint density at radius 1 is 1.24 bits per heavy atom. The highest BCUT2D eigenvalue weighted by atomic mass is 79.9. The Balaban J connectivity index is 2.43. The van der Waals surface area contributed by atoms with Crippen LogP contribution in [0.4, 0.5) is 13.2 Å². The number of primary amides is 1. The number of carbonyl (C=O) groups excluding carboxylic acids is 1. The van der Waals surface area contributed by atoms with Crippen molar-refractivity contribution >= 4 is 21.8 Å².